The molecule has 0 N–H and O–H groups in total. The molecule has 2 aromatic rings. The minimum absolute atomic E-state index is 0.119. The fourth-order valence-electron chi connectivity index (χ4n) is 4.89. The summed E-state index contributed by atoms with van der Waals surface area (Å²) in [6.07, 6.45) is 4.97. The Bertz CT molecular complexity index is 1060. The number of ether oxygens (including phenoxy) is 1. The lowest BCUT2D eigenvalue weighted by Crippen LogP contribution is -2.33. The van der Waals surface area contributed by atoms with Gasteiger partial charge >= 0.3 is 0 Å². The molecule has 30 heavy (non-hydrogen) atoms. The van der Waals surface area contributed by atoms with Gasteiger partial charge in [0.25, 0.3) is 0 Å². The van der Waals surface area contributed by atoms with Crippen LogP contribution in [-0.2, 0) is 9.59 Å². The molecule has 5 nitrogen and oxygen atoms in total. The summed E-state index contributed by atoms with van der Waals surface area (Å²) in [6, 6.07) is 12.0. The van der Waals surface area contributed by atoms with Crippen LogP contribution in [0.1, 0.15) is 22.3 Å². The molecule has 2 fully saturated rings. The van der Waals surface area contributed by atoms with Gasteiger partial charge in [0.15, 0.2) is 12.4 Å². The van der Waals surface area contributed by atoms with E-state index in [1.165, 1.54) is 4.90 Å². The molecule has 0 aromatic heterocycles. The predicted octanol–water partition coefficient (Wildman–Crippen LogP) is 4.22. The van der Waals surface area contributed by atoms with E-state index in [0.717, 1.165) is 12.0 Å². The van der Waals surface area contributed by atoms with Crippen molar-refractivity contribution in [3.8, 4) is 5.75 Å². The maximum absolute atomic E-state index is 13.1. The zero-order chi connectivity index (χ0) is 21.0. The van der Waals surface area contributed by atoms with E-state index in [1.54, 1.807) is 30.3 Å². The summed E-state index contributed by atoms with van der Waals surface area (Å²) in [7, 11) is 0. The van der Waals surface area contributed by atoms with Gasteiger partial charge in [-0.25, -0.2) is 4.90 Å². The summed E-state index contributed by atoms with van der Waals surface area (Å²) in [5.74, 6) is -0.697. The van der Waals surface area contributed by atoms with Gasteiger partial charge < -0.3 is 4.74 Å². The van der Waals surface area contributed by atoms with Crippen molar-refractivity contribution in [1.29, 1.82) is 0 Å². The zero-order valence-electron chi connectivity index (χ0n) is 16.4. The average Bonchev–Trinajstić information content (AvgIpc) is 3.41. The van der Waals surface area contributed by atoms with Crippen LogP contribution >= 0.6 is 11.6 Å². The monoisotopic (exact) mass is 421 g/mol. The van der Waals surface area contributed by atoms with Crippen molar-refractivity contribution >= 4 is 34.9 Å². The third kappa shape index (κ3) is 2.96. The second-order valence-electron chi connectivity index (χ2n) is 8.20. The number of hydrogen-bond donors (Lipinski definition) is 0. The smallest absolute Gasteiger partial charge is 0.238 e. The average molecular weight is 422 g/mol. The third-order valence-electron chi connectivity index (χ3n) is 6.36. The van der Waals surface area contributed by atoms with Crippen LogP contribution in [-0.4, -0.2) is 24.2 Å². The quantitative estimate of drug-likeness (QED) is 0.412. The van der Waals surface area contributed by atoms with Crippen molar-refractivity contribution in [2.24, 2.45) is 23.7 Å². The van der Waals surface area contributed by atoms with Crippen molar-refractivity contribution in [3.63, 3.8) is 0 Å². The van der Waals surface area contributed by atoms with E-state index < -0.39 is 0 Å². The van der Waals surface area contributed by atoms with E-state index in [1.807, 2.05) is 19.1 Å². The number of ketones is 1. The summed E-state index contributed by atoms with van der Waals surface area (Å²) in [6.45, 7) is 1.75. The molecule has 1 heterocycles. The highest BCUT2D eigenvalue weighted by Gasteiger charge is 2.59. The number of Topliss-reactive ketones (excluding diaryl/α,β-unsaturated/α-hetero) is 1. The van der Waals surface area contributed by atoms with Crippen molar-refractivity contribution in [2.75, 3.05) is 11.5 Å². The Hall–Kier alpha value is -2.92. The van der Waals surface area contributed by atoms with Crippen LogP contribution < -0.4 is 9.64 Å². The molecular formula is C24H20ClNO4. The fourth-order valence-corrected chi connectivity index (χ4v) is 5.06. The fraction of sp³-hybridized carbons (Fsp3) is 0.292. The van der Waals surface area contributed by atoms with Gasteiger partial charge in [0.1, 0.15) is 5.75 Å². The Morgan fingerprint density at radius 1 is 1.03 bits per heavy atom. The first-order valence-corrected chi connectivity index (χ1v) is 10.4. The number of benzene rings is 2. The Morgan fingerprint density at radius 2 is 1.67 bits per heavy atom. The minimum atomic E-state index is -0.312. The summed E-state index contributed by atoms with van der Waals surface area (Å²) in [4.78, 5) is 40.0. The highest BCUT2D eigenvalue weighted by molar-refractivity contribution is 6.31. The SMILES string of the molecule is Cc1ccc(C(=O)COc2ccc(Cl)cc2N2C(=O)[C@H]3[C@H](C2=O)[C@H]2C=C[C@H]3C2)cc1. The second kappa shape index (κ2) is 7.10. The first kappa shape index (κ1) is 19.1. The molecule has 1 aliphatic heterocycles. The van der Waals surface area contributed by atoms with E-state index in [4.69, 9.17) is 16.3 Å². The Morgan fingerprint density at radius 3 is 2.30 bits per heavy atom. The molecule has 0 radical (unpaired) electrons. The lowest BCUT2D eigenvalue weighted by atomic mass is 9.85. The summed E-state index contributed by atoms with van der Waals surface area (Å²) in [5.41, 5.74) is 1.91. The number of rotatable bonds is 5. The van der Waals surface area contributed by atoms with Crippen molar-refractivity contribution in [1.82, 2.24) is 0 Å². The summed E-state index contributed by atoms with van der Waals surface area (Å²) < 4.78 is 5.77. The van der Waals surface area contributed by atoms with Gasteiger partial charge in [-0.3, -0.25) is 14.4 Å². The van der Waals surface area contributed by atoms with Gasteiger partial charge in [0.2, 0.25) is 11.8 Å². The van der Waals surface area contributed by atoms with Crippen LogP contribution in [0.25, 0.3) is 0 Å². The third-order valence-corrected chi connectivity index (χ3v) is 6.60. The highest BCUT2D eigenvalue weighted by Crippen LogP contribution is 2.54. The molecule has 5 rings (SSSR count). The van der Waals surface area contributed by atoms with Gasteiger partial charge in [-0.1, -0.05) is 53.6 Å². The number of amides is 2. The Balaban J connectivity index is 1.41. The number of nitrogens with zero attached hydrogens (tertiary/aromatic N) is 1. The molecule has 2 amide bonds. The first-order valence-electron chi connectivity index (χ1n) is 10.0. The second-order valence-corrected chi connectivity index (χ2v) is 8.64. The van der Waals surface area contributed by atoms with Crippen molar-refractivity contribution in [3.05, 3.63) is 70.8 Å². The van der Waals surface area contributed by atoms with E-state index in [2.05, 4.69) is 12.2 Å². The Labute approximate surface area is 179 Å². The number of hydrogen-bond acceptors (Lipinski definition) is 4. The standard InChI is InChI=1S/C24H20ClNO4/c1-13-2-4-14(5-3-13)19(27)12-30-20-9-8-17(25)11-18(20)26-23(28)21-15-6-7-16(10-15)22(21)24(26)29/h2-9,11,15-16,21-22H,10,12H2,1H3/t15-,16-,21+,22+/m0/s1. The Kier molecular flexibility index (Phi) is 4.51. The number of aryl methyl sites for hydroxylation is 1. The highest BCUT2D eigenvalue weighted by atomic mass is 35.5. The van der Waals surface area contributed by atoms with Gasteiger partial charge in [-0.15, -0.1) is 0 Å². The zero-order valence-corrected chi connectivity index (χ0v) is 17.1. The minimum Gasteiger partial charge on any atom is -0.483 e. The van der Waals surface area contributed by atoms with Gasteiger partial charge in [-0.05, 0) is 43.4 Å². The topological polar surface area (TPSA) is 63.7 Å². The number of allylic oxidation sites excluding steroid dienone is 2. The maximum Gasteiger partial charge on any atom is 0.238 e. The van der Waals surface area contributed by atoms with Crippen molar-refractivity contribution < 1.29 is 19.1 Å². The van der Waals surface area contributed by atoms with E-state index in [9.17, 15) is 14.4 Å². The van der Waals surface area contributed by atoms with Crippen LogP contribution in [0.2, 0.25) is 5.02 Å². The largest absolute Gasteiger partial charge is 0.483 e. The molecular weight excluding hydrogens is 402 g/mol. The molecule has 2 bridgehead atoms. The van der Waals surface area contributed by atoms with Gasteiger partial charge in [0, 0.05) is 10.6 Å². The molecule has 2 aromatic carbocycles. The van der Waals surface area contributed by atoms with Crippen LogP contribution in [0.15, 0.2) is 54.6 Å². The van der Waals surface area contributed by atoms with Gasteiger partial charge in [0.05, 0.1) is 17.5 Å². The summed E-state index contributed by atoms with van der Waals surface area (Å²) >= 11 is 6.17. The predicted molar refractivity (Wildman–Crippen MR) is 113 cm³/mol. The van der Waals surface area contributed by atoms with Crippen LogP contribution in [0.5, 0.6) is 5.75 Å². The molecule has 4 atom stereocenters. The van der Waals surface area contributed by atoms with E-state index in [-0.39, 0.29) is 47.9 Å². The van der Waals surface area contributed by atoms with Crippen LogP contribution in [0, 0.1) is 30.6 Å². The molecule has 0 spiro atoms. The molecule has 2 aliphatic carbocycles. The number of carbonyl (C=O) groups excluding carboxylic acids is 3. The molecule has 3 aliphatic rings. The molecule has 1 saturated carbocycles. The first-order chi connectivity index (χ1) is 14.4. The lowest BCUT2D eigenvalue weighted by Gasteiger charge is -2.21. The number of imide groups is 1. The molecule has 152 valence electrons. The maximum atomic E-state index is 13.1. The summed E-state index contributed by atoms with van der Waals surface area (Å²) in [5, 5.41) is 0.390. The van der Waals surface area contributed by atoms with Crippen molar-refractivity contribution in [2.45, 2.75) is 13.3 Å². The van der Waals surface area contributed by atoms with Gasteiger partial charge in [-0.2, -0.15) is 0 Å². The lowest BCUT2D eigenvalue weighted by molar-refractivity contribution is -0.123. The number of halogens is 1. The number of anilines is 1. The van der Waals surface area contributed by atoms with Crippen LogP contribution in [0.4, 0.5) is 5.69 Å². The number of carbonyl (C=O) groups is 3. The number of fused-ring (bicyclic) bond motifs is 5. The molecule has 0 unspecified atom stereocenters. The van der Waals surface area contributed by atoms with E-state index in [0.29, 0.717) is 22.0 Å². The molecule has 1 saturated heterocycles. The molecule has 6 heteroatoms. The van der Waals surface area contributed by atoms with Crippen LogP contribution in [0.3, 0.4) is 0 Å². The normalized spacial score (nSPS) is 26.4. The van der Waals surface area contributed by atoms with E-state index >= 15 is 0 Å².